The van der Waals surface area contributed by atoms with Gasteiger partial charge in [0.2, 0.25) is 0 Å². The van der Waals surface area contributed by atoms with E-state index in [0.29, 0.717) is 0 Å². The summed E-state index contributed by atoms with van der Waals surface area (Å²) in [4.78, 5) is 2.60. The molecule has 3 aliphatic rings. The summed E-state index contributed by atoms with van der Waals surface area (Å²) in [5.74, 6) is 0. The number of para-hydroxylation sites is 3. The van der Waals surface area contributed by atoms with E-state index in [1.165, 1.54) is 96.6 Å². The first-order valence-electron chi connectivity index (χ1n) is 18.7. The van der Waals surface area contributed by atoms with Gasteiger partial charge in [-0.15, -0.1) is 0 Å². The molecule has 0 bridgehead atoms. The van der Waals surface area contributed by atoms with Crippen molar-refractivity contribution in [2.45, 2.75) is 77.6 Å². The highest BCUT2D eigenvalue weighted by Gasteiger charge is 2.42. The van der Waals surface area contributed by atoms with Crippen LogP contribution in [0.5, 0.6) is 0 Å². The molecule has 2 heterocycles. The molecule has 51 heavy (non-hydrogen) atoms. The Hall–Kier alpha value is -5.02. The molecule has 2 aliphatic heterocycles. The van der Waals surface area contributed by atoms with E-state index in [0.717, 1.165) is 13.0 Å². The maximum atomic E-state index is 3.94. The van der Waals surface area contributed by atoms with E-state index in [4.69, 9.17) is 0 Å². The quantitative estimate of drug-likeness (QED) is 0.189. The van der Waals surface area contributed by atoms with Crippen molar-refractivity contribution in [3.63, 3.8) is 0 Å². The van der Waals surface area contributed by atoms with Gasteiger partial charge in [0.1, 0.15) is 0 Å². The first kappa shape index (κ1) is 31.9. The minimum Gasteiger partial charge on any atom is -0.355 e. The van der Waals surface area contributed by atoms with Crippen molar-refractivity contribution in [1.29, 1.82) is 0 Å². The second-order valence-electron chi connectivity index (χ2n) is 17.0. The van der Waals surface area contributed by atoms with Crippen LogP contribution in [-0.2, 0) is 16.2 Å². The minimum absolute atomic E-state index is 0.0808. The van der Waals surface area contributed by atoms with Gasteiger partial charge in [-0.1, -0.05) is 126 Å². The summed E-state index contributed by atoms with van der Waals surface area (Å²) >= 11 is 0. The van der Waals surface area contributed by atoms with E-state index in [1.54, 1.807) is 0 Å². The van der Waals surface area contributed by atoms with Gasteiger partial charge in [0.15, 0.2) is 7.28 Å². The topological polar surface area (TPSA) is 15.3 Å². The van der Waals surface area contributed by atoms with Crippen molar-refractivity contribution in [2.24, 2.45) is 0 Å². The van der Waals surface area contributed by atoms with E-state index in [9.17, 15) is 0 Å². The first-order chi connectivity index (χ1) is 24.4. The highest BCUT2D eigenvalue weighted by molar-refractivity contribution is 6.73. The summed E-state index contributed by atoms with van der Waals surface area (Å²) in [5.41, 5.74) is 21.2. The van der Waals surface area contributed by atoms with Crippen molar-refractivity contribution < 1.29 is 0 Å². The van der Waals surface area contributed by atoms with Crippen LogP contribution in [0.4, 0.5) is 28.4 Å². The van der Waals surface area contributed by atoms with Gasteiger partial charge >= 0.3 is 0 Å². The fraction of sp³-hybridized carbons (Fsp3) is 0.250. The maximum absolute atomic E-state index is 3.94. The molecule has 1 aliphatic carbocycles. The molecule has 0 amide bonds. The molecule has 0 radical (unpaired) electrons. The molecule has 2 nitrogen and oxygen atoms in total. The molecular formula is C48H47BN2. The Morgan fingerprint density at radius 3 is 2.00 bits per heavy atom. The standard InChI is InChI=1S/C48H47BN2/c1-30-16-11-12-19-33(30)31-26-35(34-28-38-39(47(4,5)25-24-46(38,2)3)29-41(34)50-32-17-9-8-10-18-32)44-43(27-31)51-42-23-14-13-20-36(42)48(6,7)37-21-15-22-40(49-44)45(37)51/h8-23,26-29,49-50H,24-25H2,1-7H3. The molecule has 0 saturated heterocycles. The van der Waals surface area contributed by atoms with Crippen LogP contribution in [0.15, 0.2) is 121 Å². The zero-order valence-corrected chi connectivity index (χ0v) is 31.1. The van der Waals surface area contributed by atoms with Crippen LogP contribution >= 0.6 is 0 Å². The average Bonchev–Trinajstić information content (AvgIpc) is 3.12. The van der Waals surface area contributed by atoms with Gasteiger partial charge in [-0.3, -0.25) is 0 Å². The van der Waals surface area contributed by atoms with Gasteiger partial charge in [-0.25, -0.2) is 0 Å². The lowest BCUT2D eigenvalue weighted by atomic mass is 9.55. The van der Waals surface area contributed by atoms with E-state index in [1.807, 2.05) is 0 Å². The molecule has 6 aromatic carbocycles. The molecule has 1 N–H and O–H groups in total. The number of rotatable bonds is 4. The molecule has 0 fully saturated rings. The molecule has 0 atom stereocenters. The highest BCUT2D eigenvalue weighted by Crippen LogP contribution is 2.54. The largest absolute Gasteiger partial charge is 0.355 e. The van der Waals surface area contributed by atoms with E-state index in [2.05, 4.69) is 180 Å². The smallest absolute Gasteiger partial charge is 0.198 e. The number of aryl methyl sites for hydroxylation is 1. The zero-order chi connectivity index (χ0) is 35.3. The molecule has 0 unspecified atom stereocenters. The molecular weight excluding hydrogens is 615 g/mol. The molecule has 0 spiro atoms. The normalized spacial score (nSPS) is 17.0. The van der Waals surface area contributed by atoms with Gasteiger partial charge in [0, 0.05) is 33.7 Å². The molecule has 3 heteroatoms. The number of nitrogens with one attached hydrogen (secondary N) is 1. The van der Waals surface area contributed by atoms with Crippen LogP contribution in [0.2, 0.25) is 0 Å². The molecule has 0 saturated carbocycles. The van der Waals surface area contributed by atoms with Crippen molar-refractivity contribution in [3.8, 4) is 22.3 Å². The summed E-state index contributed by atoms with van der Waals surface area (Å²) in [6.45, 7) is 16.8. The third kappa shape index (κ3) is 4.92. The summed E-state index contributed by atoms with van der Waals surface area (Å²) in [7, 11) is 0.882. The average molecular weight is 663 g/mol. The minimum atomic E-state index is -0.101. The van der Waals surface area contributed by atoms with Crippen LogP contribution in [0.3, 0.4) is 0 Å². The molecule has 6 aromatic rings. The summed E-state index contributed by atoms with van der Waals surface area (Å²) in [6.07, 6.45) is 2.36. The van der Waals surface area contributed by atoms with Crippen molar-refractivity contribution in [2.75, 3.05) is 10.2 Å². The van der Waals surface area contributed by atoms with Crippen LogP contribution in [0, 0.1) is 6.92 Å². The van der Waals surface area contributed by atoms with Gasteiger partial charge in [-0.05, 0) is 123 Å². The van der Waals surface area contributed by atoms with Crippen molar-refractivity contribution in [3.05, 3.63) is 149 Å². The predicted octanol–water partition coefficient (Wildman–Crippen LogP) is 11.2. The van der Waals surface area contributed by atoms with Crippen molar-refractivity contribution >= 4 is 46.6 Å². The second kappa shape index (κ2) is 11.2. The third-order valence-corrected chi connectivity index (χ3v) is 12.5. The Morgan fingerprint density at radius 2 is 1.24 bits per heavy atom. The lowest BCUT2D eigenvalue weighted by molar-refractivity contribution is 0.332. The summed E-state index contributed by atoms with van der Waals surface area (Å²) < 4.78 is 0. The monoisotopic (exact) mass is 662 g/mol. The molecule has 0 aromatic heterocycles. The van der Waals surface area contributed by atoms with E-state index in [-0.39, 0.29) is 16.2 Å². The second-order valence-corrected chi connectivity index (χ2v) is 17.0. The fourth-order valence-electron chi connectivity index (χ4n) is 9.36. The number of fused-ring (bicyclic) bond motifs is 5. The molecule has 252 valence electrons. The van der Waals surface area contributed by atoms with Gasteiger partial charge in [0.25, 0.3) is 0 Å². The highest BCUT2D eigenvalue weighted by atomic mass is 15.2. The Balaban J connectivity index is 1.39. The summed E-state index contributed by atoms with van der Waals surface area (Å²) in [6, 6.07) is 45.7. The van der Waals surface area contributed by atoms with Crippen molar-refractivity contribution in [1.82, 2.24) is 0 Å². The van der Waals surface area contributed by atoms with Gasteiger partial charge < -0.3 is 10.2 Å². The van der Waals surface area contributed by atoms with Crippen LogP contribution < -0.4 is 21.1 Å². The van der Waals surface area contributed by atoms with Crippen LogP contribution in [0.25, 0.3) is 22.3 Å². The number of anilines is 5. The van der Waals surface area contributed by atoms with Crippen LogP contribution in [0.1, 0.15) is 82.2 Å². The SMILES string of the molecule is Cc1ccccc1-c1cc(-c2cc3c(cc2Nc2ccccc2)C(C)(C)CCC3(C)C)c2c(c1)N1c3ccccc3C(C)(C)c3cccc(c31)B2. The number of hydrogen-bond donors (Lipinski definition) is 1. The lowest BCUT2D eigenvalue weighted by Gasteiger charge is -2.46. The maximum Gasteiger partial charge on any atom is 0.198 e. The Kier molecular flexibility index (Phi) is 7.04. The summed E-state index contributed by atoms with van der Waals surface area (Å²) in [5, 5.41) is 3.94. The number of hydrogen-bond acceptors (Lipinski definition) is 2. The lowest BCUT2D eigenvalue weighted by Crippen LogP contribution is -2.45. The van der Waals surface area contributed by atoms with E-state index < -0.39 is 0 Å². The van der Waals surface area contributed by atoms with Crippen LogP contribution in [-0.4, -0.2) is 7.28 Å². The fourth-order valence-corrected chi connectivity index (χ4v) is 9.36. The third-order valence-electron chi connectivity index (χ3n) is 12.5. The predicted molar refractivity (Wildman–Crippen MR) is 220 cm³/mol. The molecule has 9 rings (SSSR count). The van der Waals surface area contributed by atoms with E-state index >= 15 is 0 Å². The van der Waals surface area contributed by atoms with Gasteiger partial charge in [0.05, 0.1) is 5.69 Å². The number of nitrogens with zero attached hydrogens (tertiary/aromatic N) is 1. The first-order valence-corrected chi connectivity index (χ1v) is 18.7. The van der Waals surface area contributed by atoms with Gasteiger partial charge in [-0.2, -0.15) is 0 Å². The Morgan fingerprint density at radius 1 is 0.569 bits per heavy atom. The Labute approximate surface area is 304 Å². The number of benzene rings is 6. The zero-order valence-electron chi connectivity index (χ0n) is 31.1. The Bertz CT molecular complexity index is 2360.